The van der Waals surface area contributed by atoms with Gasteiger partial charge in [0, 0.05) is 24.6 Å². The molecule has 1 aliphatic rings. The third-order valence-corrected chi connectivity index (χ3v) is 3.22. The van der Waals surface area contributed by atoms with E-state index < -0.39 is 5.91 Å². The fourth-order valence-electron chi connectivity index (χ4n) is 2.46. The molecule has 2 rings (SSSR count). The van der Waals surface area contributed by atoms with Gasteiger partial charge in [0.25, 0.3) is 5.91 Å². The van der Waals surface area contributed by atoms with Crippen LogP contribution < -0.4 is 16.2 Å². The van der Waals surface area contributed by atoms with Gasteiger partial charge >= 0.3 is 0 Å². The Morgan fingerprint density at radius 1 is 1.32 bits per heavy atom. The Morgan fingerprint density at radius 2 is 1.95 bits per heavy atom. The van der Waals surface area contributed by atoms with Crippen molar-refractivity contribution in [2.45, 2.75) is 45.0 Å². The van der Waals surface area contributed by atoms with Crippen LogP contribution in [-0.2, 0) is 4.74 Å². The molecule has 0 aromatic heterocycles. The highest BCUT2D eigenvalue weighted by Crippen LogP contribution is 2.28. The Bertz CT molecular complexity index is 466. The van der Waals surface area contributed by atoms with E-state index in [1.54, 1.807) is 18.2 Å². The molecular formula is C14H20N2O3. The van der Waals surface area contributed by atoms with Crippen LogP contribution in [0.3, 0.4) is 0 Å². The smallest absolute Gasteiger partial charge is 0.252 e. The monoisotopic (exact) mass is 264 g/mol. The Balaban J connectivity index is 2.18. The lowest BCUT2D eigenvalue weighted by Crippen LogP contribution is -2.36. The van der Waals surface area contributed by atoms with Gasteiger partial charge in [-0.3, -0.25) is 4.79 Å². The van der Waals surface area contributed by atoms with Gasteiger partial charge in [0.1, 0.15) is 11.9 Å². The summed E-state index contributed by atoms with van der Waals surface area (Å²) >= 11 is 0. The van der Waals surface area contributed by atoms with Crippen molar-refractivity contribution in [2.75, 3.05) is 5.73 Å². The van der Waals surface area contributed by atoms with E-state index >= 15 is 0 Å². The number of benzene rings is 1. The molecule has 0 spiro atoms. The summed E-state index contributed by atoms with van der Waals surface area (Å²) in [7, 11) is 0. The lowest BCUT2D eigenvalue weighted by Gasteiger charge is -2.32. The Kier molecular flexibility index (Phi) is 3.95. The minimum atomic E-state index is -0.511. The molecular weight excluding hydrogens is 244 g/mol. The zero-order chi connectivity index (χ0) is 14.0. The first-order valence-corrected chi connectivity index (χ1v) is 6.47. The van der Waals surface area contributed by atoms with Crippen LogP contribution in [0.4, 0.5) is 5.69 Å². The summed E-state index contributed by atoms with van der Waals surface area (Å²) < 4.78 is 11.6. The second-order valence-corrected chi connectivity index (χ2v) is 5.09. The fourth-order valence-corrected chi connectivity index (χ4v) is 2.46. The molecule has 4 N–H and O–H groups in total. The van der Waals surface area contributed by atoms with Gasteiger partial charge < -0.3 is 20.9 Å². The van der Waals surface area contributed by atoms with Crippen molar-refractivity contribution < 1.29 is 14.3 Å². The van der Waals surface area contributed by atoms with Crippen molar-refractivity contribution in [2.24, 2.45) is 5.73 Å². The highest BCUT2D eigenvalue weighted by atomic mass is 16.5. The number of hydrogen-bond donors (Lipinski definition) is 2. The summed E-state index contributed by atoms with van der Waals surface area (Å²) in [6.45, 7) is 4.03. The normalized spacial score (nSPS) is 26.9. The van der Waals surface area contributed by atoms with E-state index in [0.29, 0.717) is 17.0 Å². The SMILES string of the molecule is CC1CC(Oc2cc(N)ccc2C(N)=O)CC(C)O1. The van der Waals surface area contributed by atoms with E-state index in [1.165, 1.54) is 0 Å². The first-order chi connectivity index (χ1) is 8.95. The molecule has 1 aliphatic heterocycles. The standard InChI is InChI=1S/C14H20N2O3/c1-8-5-11(6-9(2)18-8)19-13-7-10(15)3-4-12(13)14(16)17/h3-4,7-9,11H,5-6,15H2,1-2H3,(H2,16,17). The average molecular weight is 264 g/mol. The second kappa shape index (κ2) is 5.48. The van der Waals surface area contributed by atoms with Crippen LogP contribution in [-0.4, -0.2) is 24.2 Å². The van der Waals surface area contributed by atoms with E-state index in [0.717, 1.165) is 12.8 Å². The van der Waals surface area contributed by atoms with Crippen LogP contribution in [0.15, 0.2) is 18.2 Å². The molecule has 0 radical (unpaired) electrons. The van der Waals surface area contributed by atoms with E-state index in [1.807, 2.05) is 13.8 Å². The third kappa shape index (κ3) is 3.38. The van der Waals surface area contributed by atoms with Gasteiger partial charge in [-0.2, -0.15) is 0 Å². The van der Waals surface area contributed by atoms with Crippen LogP contribution in [0.2, 0.25) is 0 Å². The Hall–Kier alpha value is -1.75. The molecule has 0 saturated carbocycles. The van der Waals surface area contributed by atoms with Crippen molar-refractivity contribution in [3.63, 3.8) is 0 Å². The number of nitrogens with two attached hydrogens (primary N) is 2. The first-order valence-electron chi connectivity index (χ1n) is 6.47. The molecule has 0 aliphatic carbocycles. The minimum absolute atomic E-state index is 0.0126. The molecule has 1 aromatic rings. The molecule has 0 bridgehead atoms. The third-order valence-electron chi connectivity index (χ3n) is 3.22. The lowest BCUT2D eigenvalue weighted by molar-refractivity contribution is -0.0721. The van der Waals surface area contributed by atoms with Crippen molar-refractivity contribution in [3.05, 3.63) is 23.8 Å². The van der Waals surface area contributed by atoms with Crippen molar-refractivity contribution in [1.82, 2.24) is 0 Å². The molecule has 1 heterocycles. The van der Waals surface area contributed by atoms with E-state index in [2.05, 4.69) is 0 Å². The Labute approximate surface area is 112 Å². The highest BCUT2D eigenvalue weighted by Gasteiger charge is 2.26. The molecule has 1 amide bonds. The summed E-state index contributed by atoms with van der Waals surface area (Å²) in [4.78, 5) is 11.4. The van der Waals surface area contributed by atoms with Crippen molar-refractivity contribution in [3.8, 4) is 5.75 Å². The predicted octanol–water partition coefficient (Wildman–Crippen LogP) is 1.70. The molecule has 5 heteroatoms. The number of anilines is 1. The number of nitrogen functional groups attached to an aromatic ring is 1. The molecule has 1 fully saturated rings. The molecule has 2 atom stereocenters. The maximum Gasteiger partial charge on any atom is 0.252 e. The average Bonchev–Trinajstić information content (AvgIpc) is 2.26. The van der Waals surface area contributed by atoms with Gasteiger partial charge in [0.15, 0.2) is 0 Å². The summed E-state index contributed by atoms with van der Waals surface area (Å²) in [6, 6.07) is 4.88. The zero-order valence-electron chi connectivity index (χ0n) is 11.3. The first kappa shape index (κ1) is 13.7. The van der Waals surface area contributed by atoms with Crippen molar-refractivity contribution in [1.29, 1.82) is 0 Å². The van der Waals surface area contributed by atoms with Crippen LogP contribution in [0.25, 0.3) is 0 Å². The lowest BCUT2D eigenvalue weighted by atomic mass is 10.0. The van der Waals surface area contributed by atoms with E-state index in [9.17, 15) is 4.79 Å². The fraction of sp³-hybridized carbons (Fsp3) is 0.500. The summed E-state index contributed by atoms with van der Waals surface area (Å²) in [6.07, 6.45) is 1.88. The largest absolute Gasteiger partial charge is 0.489 e. The highest BCUT2D eigenvalue weighted by molar-refractivity contribution is 5.96. The molecule has 1 aromatic carbocycles. The summed E-state index contributed by atoms with van der Waals surface area (Å²) in [5.41, 5.74) is 12.0. The number of ether oxygens (including phenoxy) is 2. The van der Waals surface area contributed by atoms with Gasteiger partial charge in [0.05, 0.1) is 17.8 Å². The molecule has 104 valence electrons. The van der Waals surface area contributed by atoms with Gasteiger partial charge in [-0.15, -0.1) is 0 Å². The van der Waals surface area contributed by atoms with Crippen LogP contribution in [0.1, 0.15) is 37.0 Å². The van der Waals surface area contributed by atoms with Crippen molar-refractivity contribution >= 4 is 11.6 Å². The Morgan fingerprint density at radius 3 is 2.53 bits per heavy atom. The van der Waals surface area contributed by atoms with Crippen LogP contribution in [0.5, 0.6) is 5.75 Å². The number of hydrogen-bond acceptors (Lipinski definition) is 4. The zero-order valence-corrected chi connectivity index (χ0v) is 11.3. The molecule has 1 saturated heterocycles. The number of primary amides is 1. The molecule has 5 nitrogen and oxygen atoms in total. The maximum atomic E-state index is 11.4. The van der Waals surface area contributed by atoms with Gasteiger partial charge in [-0.25, -0.2) is 0 Å². The van der Waals surface area contributed by atoms with Gasteiger partial charge in [-0.05, 0) is 26.0 Å². The van der Waals surface area contributed by atoms with E-state index in [-0.39, 0.29) is 18.3 Å². The van der Waals surface area contributed by atoms with E-state index in [4.69, 9.17) is 20.9 Å². The van der Waals surface area contributed by atoms with Gasteiger partial charge in [-0.1, -0.05) is 0 Å². The maximum absolute atomic E-state index is 11.4. The molecule has 19 heavy (non-hydrogen) atoms. The summed E-state index contributed by atoms with van der Waals surface area (Å²) in [5.74, 6) is -0.0537. The van der Waals surface area contributed by atoms with Crippen LogP contribution in [0, 0.1) is 0 Å². The summed E-state index contributed by atoms with van der Waals surface area (Å²) in [5, 5.41) is 0. The van der Waals surface area contributed by atoms with Gasteiger partial charge in [0.2, 0.25) is 0 Å². The topological polar surface area (TPSA) is 87.6 Å². The predicted molar refractivity (Wildman–Crippen MR) is 73.0 cm³/mol. The number of carbonyl (C=O) groups is 1. The minimum Gasteiger partial charge on any atom is -0.489 e. The number of amides is 1. The van der Waals surface area contributed by atoms with Crippen LogP contribution >= 0.6 is 0 Å². The number of rotatable bonds is 3. The number of carbonyl (C=O) groups excluding carboxylic acids is 1. The molecule has 2 unspecified atom stereocenters. The quantitative estimate of drug-likeness (QED) is 0.813. The second-order valence-electron chi connectivity index (χ2n) is 5.09.